The summed E-state index contributed by atoms with van der Waals surface area (Å²) in [4.78, 5) is 12.0. The highest BCUT2D eigenvalue weighted by Gasteiger charge is 2.04. The van der Waals surface area contributed by atoms with Crippen molar-refractivity contribution in [1.82, 2.24) is 5.43 Å². The highest BCUT2D eigenvalue weighted by atomic mass is 16.5. The lowest BCUT2D eigenvalue weighted by atomic mass is 10.1. The molecular weight excluding hydrogens is 276 g/mol. The van der Waals surface area contributed by atoms with Crippen LogP contribution in [0.1, 0.15) is 34.0 Å². The summed E-state index contributed by atoms with van der Waals surface area (Å²) >= 11 is 0. The Morgan fingerprint density at radius 2 is 1.91 bits per heavy atom. The van der Waals surface area contributed by atoms with Crippen LogP contribution in [-0.2, 0) is 0 Å². The van der Waals surface area contributed by atoms with Gasteiger partial charge in [0.05, 0.1) is 12.8 Å². The van der Waals surface area contributed by atoms with E-state index in [1.54, 1.807) is 30.5 Å². The normalized spacial score (nSPS) is 10.7. The fraction of sp³-hybridized carbons (Fsp3) is 0.222. The number of hydrazone groups is 1. The maximum absolute atomic E-state index is 12.0. The van der Waals surface area contributed by atoms with E-state index in [1.165, 1.54) is 5.56 Å². The molecule has 4 heteroatoms. The van der Waals surface area contributed by atoms with Crippen LogP contribution in [0.3, 0.4) is 0 Å². The maximum Gasteiger partial charge on any atom is 0.271 e. The molecule has 0 fully saturated rings. The monoisotopic (exact) mass is 296 g/mol. The summed E-state index contributed by atoms with van der Waals surface area (Å²) in [6, 6.07) is 13.0. The Morgan fingerprint density at radius 3 is 2.55 bits per heavy atom. The molecule has 0 heterocycles. The van der Waals surface area contributed by atoms with Gasteiger partial charge in [-0.2, -0.15) is 5.10 Å². The van der Waals surface area contributed by atoms with Gasteiger partial charge in [-0.3, -0.25) is 4.79 Å². The van der Waals surface area contributed by atoms with Crippen molar-refractivity contribution in [3.63, 3.8) is 0 Å². The minimum Gasteiger partial charge on any atom is -0.494 e. The summed E-state index contributed by atoms with van der Waals surface area (Å²) in [6.07, 6.45) is 1.65. The number of rotatable bonds is 5. The number of hydrogen-bond donors (Lipinski definition) is 1. The second kappa shape index (κ2) is 7.41. The number of aryl methyl sites for hydroxylation is 2. The Hall–Kier alpha value is -2.62. The van der Waals surface area contributed by atoms with E-state index in [0.717, 1.165) is 16.9 Å². The van der Waals surface area contributed by atoms with Gasteiger partial charge in [0.15, 0.2) is 0 Å². The van der Waals surface area contributed by atoms with E-state index in [2.05, 4.69) is 16.6 Å². The van der Waals surface area contributed by atoms with Crippen molar-refractivity contribution < 1.29 is 9.53 Å². The van der Waals surface area contributed by atoms with Gasteiger partial charge in [0.2, 0.25) is 0 Å². The van der Waals surface area contributed by atoms with Gasteiger partial charge in [-0.15, -0.1) is 0 Å². The van der Waals surface area contributed by atoms with E-state index >= 15 is 0 Å². The van der Waals surface area contributed by atoms with Crippen molar-refractivity contribution in [3.05, 3.63) is 64.7 Å². The standard InChI is InChI=1S/C18H20N2O2/c1-4-22-17-9-7-15(8-10-17)18(21)20-19-12-16-6-5-13(2)11-14(16)3/h5-12H,4H2,1-3H3,(H,20,21)/b19-12+. The minimum atomic E-state index is -0.246. The largest absolute Gasteiger partial charge is 0.494 e. The molecule has 2 aromatic rings. The van der Waals surface area contributed by atoms with E-state index in [4.69, 9.17) is 4.74 Å². The first-order valence-corrected chi connectivity index (χ1v) is 7.23. The summed E-state index contributed by atoms with van der Waals surface area (Å²) in [6.45, 7) is 6.58. The van der Waals surface area contributed by atoms with Crippen molar-refractivity contribution in [1.29, 1.82) is 0 Å². The topological polar surface area (TPSA) is 50.7 Å². The Labute approximate surface area is 130 Å². The summed E-state index contributed by atoms with van der Waals surface area (Å²) in [7, 11) is 0. The molecule has 0 unspecified atom stereocenters. The van der Waals surface area contributed by atoms with E-state index in [9.17, 15) is 4.79 Å². The first-order valence-electron chi connectivity index (χ1n) is 7.23. The summed E-state index contributed by atoms with van der Waals surface area (Å²) in [5.74, 6) is 0.502. The van der Waals surface area contributed by atoms with Crippen LogP contribution >= 0.6 is 0 Å². The Bertz CT molecular complexity index is 676. The lowest BCUT2D eigenvalue weighted by Gasteiger charge is -2.04. The third kappa shape index (κ3) is 4.19. The maximum atomic E-state index is 12.0. The van der Waals surface area contributed by atoms with Crippen LogP contribution in [-0.4, -0.2) is 18.7 Å². The molecule has 4 nitrogen and oxygen atoms in total. The SMILES string of the molecule is CCOc1ccc(C(=O)N/N=C/c2ccc(C)cc2C)cc1. The van der Waals surface area contributed by atoms with Gasteiger partial charge in [-0.1, -0.05) is 23.8 Å². The highest BCUT2D eigenvalue weighted by Crippen LogP contribution is 2.12. The Balaban J connectivity index is 1.98. The Morgan fingerprint density at radius 1 is 1.18 bits per heavy atom. The molecular formula is C18H20N2O2. The van der Waals surface area contributed by atoms with E-state index < -0.39 is 0 Å². The first kappa shape index (κ1) is 15.8. The molecule has 0 bridgehead atoms. The predicted molar refractivity (Wildman–Crippen MR) is 88.6 cm³/mol. The average molecular weight is 296 g/mol. The van der Waals surface area contributed by atoms with Crippen LogP contribution in [0.15, 0.2) is 47.6 Å². The molecule has 114 valence electrons. The number of benzene rings is 2. The lowest BCUT2D eigenvalue weighted by molar-refractivity contribution is 0.0955. The second-order valence-electron chi connectivity index (χ2n) is 5.02. The zero-order valence-electron chi connectivity index (χ0n) is 13.1. The first-order chi connectivity index (χ1) is 10.6. The fourth-order valence-corrected chi connectivity index (χ4v) is 2.06. The third-order valence-corrected chi connectivity index (χ3v) is 3.22. The number of nitrogens with zero attached hydrogens (tertiary/aromatic N) is 1. The molecule has 0 saturated carbocycles. The van der Waals surface area contributed by atoms with Gasteiger partial charge < -0.3 is 4.74 Å². The van der Waals surface area contributed by atoms with Crippen molar-refractivity contribution in [2.75, 3.05) is 6.61 Å². The fourth-order valence-electron chi connectivity index (χ4n) is 2.06. The molecule has 0 aromatic heterocycles. The highest BCUT2D eigenvalue weighted by molar-refractivity contribution is 5.95. The van der Waals surface area contributed by atoms with Crippen LogP contribution < -0.4 is 10.2 Å². The molecule has 22 heavy (non-hydrogen) atoms. The smallest absolute Gasteiger partial charge is 0.271 e. The molecule has 0 aliphatic rings. The van der Waals surface area contributed by atoms with Crippen LogP contribution in [0.5, 0.6) is 5.75 Å². The molecule has 0 spiro atoms. The second-order valence-corrected chi connectivity index (χ2v) is 5.02. The minimum absolute atomic E-state index is 0.246. The number of amides is 1. The third-order valence-electron chi connectivity index (χ3n) is 3.22. The summed E-state index contributed by atoms with van der Waals surface area (Å²) < 4.78 is 5.34. The molecule has 2 aromatic carbocycles. The number of carbonyl (C=O) groups is 1. The van der Waals surface area contributed by atoms with E-state index in [1.807, 2.05) is 32.9 Å². The number of carbonyl (C=O) groups excluding carboxylic acids is 1. The Kier molecular flexibility index (Phi) is 5.31. The zero-order valence-corrected chi connectivity index (χ0v) is 13.1. The zero-order chi connectivity index (χ0) is 15.9. The summed E-state index contributed by atoms with van der Waals surface area (Å²) in [5, 5.41) is 4.01. The molecule has 0 aliphatic carbocycles. The molecule has 1 N–H and O–H groups in total. The van der Waals surface area contributed by atoms with Crippen LogP contribution in [0.4, 0.5) is 0 Å². The van der Waals surface area contributed by atoms with Crippen molar-refractivity contribution in [2.45, 2.75) is 20.8 Å². The van der Waals surface area contributed by atoms with Gasteiger partial charge in [0.25, 0.3) is 5.91 Å². The summed E-state index contributed by atoms with van der Waals surface area (Å²) in [5.41, 5.74) is 6.38. The molecule has 2 rings (SSSR count). The predicted octanol–water partition coefficient (Wildman–Crippen LogP) is 3.47. The van der Waals surface area contributed by atoms with Gasteiger partial charge in [-0.05, 0) is 56.2 Å². The lowest BCUT2D eigenvalue weighted by Crippen LogP contribution is -2.17. The molecule has 0 aliphatic heterocycles. The van der Waals surface area contributed by atoms with Gasteiger partial charge in [-0.25, -0.2) is 5.43 Å². The number of ether oxygens (including phenoxy) is 1. The van der Waals surface area contributed by atoms with Gasteiger partial charge >= 0.3 is 0 Å². The number of hydrogen-bond acceptors (Lipinski definition) is 3. The van der Waals surface area contributed by atoms with E-state index in [-0.39, 0.29) is 5.91 Å². The molecule has 0 saturated heterocycles. The number of nitrogens with one attached hydrogen (secondary N) is 1. The van der Waals surface area contributed by atoms with E-state index in [0.29, 0.717) is 12.2 Å². The van der Waals surface area contributed by atoms with Crippen molar-refractivity contribution >= 4 is 12.1 Å². The quantitative estimate of drug-likeness (QED) is 0.678. The molecule has 0 atom stereocenters. The van der Waals surface area contributed by atoms with Crippen LogP contribution in [0, 0.1) is 13.8 Å². The molecule has 1 amide bonds. The molecule has 0 radical (unpaired) electrons. The van der Waals surface area contributed by atoms with Crippen molar-refractivity contribution in [3.8, 4) is 5.75 Å². The van der Waals surface area contributed by atoms with Gasteiger partial charge in [0, 0.05) is 5.56 Å². The average Bonchev–Trinajstić information content (AvgIpc) is 2.50. The van der Waals surface area contributed by atoms with Crippen molar-refractivity contribution in [2.24, 2.45) is 5.10 Å². The van der Waals surface area contributed by atoms with Gasteiger partial charge in [0.1, 0.15) is 5.75 Å². The van der Waals surface area contributed by atoms with Crippen LogP contribution in [0.2, 0.25) is 0 Å². The van der Waals surface area contributed by atoms with Crippen LogP contribution in [0.25, 0.3) is 0 Å².